The topological polar surface area (TPSA) is 79.8 Å². The Morgan fingerprint density at radius 3 is 2.44 bits per heavy atom. The molecule has 0 atom stereocenters. The lowest BCUT2D eigenvalue weighted by atomic mass is 10.2. The molecule has 6 nitrogen and oxygen atoms in total. The summed E-state index contributed by atoms with van der Waals surface area (Å²) >= 11 is 6.07. The zero-order chi connectivity index (χ0) is 20.0. The number of nitrogens with zero attached hydrogens (tertiary/aromatic N) is 1. The number of urea groups is 1. The number of carbonyl (C=O) groups excluding carboxylic acids is 2. The van der Waals surface area contributed by atoms with Crippen molar-refractivity contribution in [3.8, 4) is 0 Å². The van der Waals surface area contributed by atoms with Gasteiger partial charge in [0.05, 0.1) is 16.9 Å². The number of carbonyl (C=O) groups is 2. The maximum atomic E-state index is 13.6. The van der Waals surface area contributed by atoms with Crippen molar-refractivity contribution in [2.24, 2.45) is 5.16 Å². The molecule has 2 N–H and O–H groups in total. The van der Waals surface area contributed by atoms with Gasteiger partial charge in [0.25, 0.3) is 5.91 Å². The maximum Gasteiger partial charge on any atom is 0.326 e. The van der Waals surface area contributed by atoms with Gasteiger partial charge in [-0.05, 0) is 43.7 Å². The number of imide groups is 1. The van der Waals surface area contributed by atoms with Gasteiger partial charge in [-0.1, -0.05) is 28.9 Å². The summed E-state index contributed by atoms with van der Waals surface area (Å²) in [6.45, 7) is 3.65. The molecule has 0 heterocycles. The average Bonchev–Trinajstić information content (AvgIpc) is 2.56. The highest BCUT2D eigenvalue weighted by molar-refractivity contribution is 6.34. The Kier molecular flexibility index (Phi) is 6.84. The Labute approximate surface area is 159 Å². The van der Waals surface area contributed by atoms with Gasteiger partial charge in [0.1, 0.15) is 23.3 Å². The maximum absolute atomic E-state index is 13.6. The number of amides is 3. The molecule has 0 aliphatic heterocycles. The van der Waals surface area contributed by atoms with Gasteiger partial charge in [0, 0.05) is 0 Å². The highest BCUT2D eigenvalue weighted by Gasteiger charge is 2.19. The summed E-state index contributed by atoms with van der Waals surface area (Å²) in [5, 5.41) is 8.10. The summed E-state index contributed by atoms with van der Waals surface area (Å²) in [5.41, 5.74) is -0.0375. The molecule has 0 aromatic heterocycles. The molecule has 0 spiro atoms. The molecule has 2 aromatic rings. The zero-order valence-electron chi connectivity index (χ0n) is 14.4. The first-order valence-corrected chi connectivity index (χ1v) is 8.21. The van der Waals surface area contributed by atoms with E-state index in [0.717, 1.165) is 18.2 Å². The second-order valence-electron chi connectivity index (χ2n) is 5.63. The Hall–Kier alpha value is -3.00. The van der Waals surface area contributed by atoms with E-state index in [1.54, 1.807) is 6.07 Å². The van der Waals surface area contributed by atoms with E-state index in [-0.39, 0.29) is 16.8 Å². The summed E-state index contributed by atoms with van der Waals surface area (Å²) in [5.74, 6) is -3.37. The van der Waals surface area contributed by atoms with E-state index in [2.05, 4.69) is 10.5 Å². The van der Waals surface area contributed by atoms with Gasteiger partial charge in [0.15, 0.2) is 0 Å². The molecular weight excluding hydrogens is 380 g/mol. The summed E-state index contributed by atoms with van der Waals surface area (Å²) < 4.78 is 27.1. The highest BCUT2D eigenvalue weighted by atomic mass is 35.5. The molecule has 0 fully saturated rings. The number of oxime groups is 1. The third-order valence-corrected chi connectivity index (χ3v) is 3.44. The number of hydrogen-bond donors (Lipinski definition) is 2. The second kappa shape index (κ2) is 9.09. The third kappa shape index (κ3) is 5.75. The van der Waals surface area contributed by atoms with E-state index < -0.39 is 29.1 Å². The van der Waals surface area contributed by atoms with E-state index >= 15 is 0 Å². The number of halogens is 3. The number of hydrogen-bond acceptors (Lipinski definition) is 4. The van der Waals surface area contributed by atoms with Crippen molar-refractivity contribution in [1.29, 1.82) is 0 Å². The molecule has 0 aliphatic carbocycles. The van der Waals surface area contributed by atoms with Crippen molar-refractivity contribution < 1.29 is 23.2 Å². The zero-order valence-corrected chi connectivity index (χ0v) is 15.2. The van der Waals surface area contributed by atoms with Crippen LogP contribution in [0.5, 0.6) is 0 Å². The van der Waals surface area contributed by atoms with Crippen molar-refractivity contribution in [3.05, 3.63) is 64.2 Å². The fraction of sp³-hybridized carbons (Fsp3) is 0.167. The van der Waals surface area contributed by atoms with Gasteiger partial charge in [-0.15, -0.1) is 0 Å². The minimum atomic E-state index is -1.21. The SMILES string of the molecule is CC(C)O/N=C/c1ccc(NC(=O)NC(=O)c2c(F)cccc2F)c(Cl)c1. The lowest BCUT2D eigenvalue weighted by Crippen LogP contribution is -2.35. The third-order valence-electron chi connectivity index (χ3n) is 3.13. The Balaban J connectivity index is 2.03. The molecule has 0 saturated heterocycles. The van der Waals surface area contributed by atoms with E-state index in [1.165, 1.54) is 18.3 Å². The summed E-state index contributed by atoms with van der Waals surface area (Å²) in [6.07, 6.45) is 1.37. The molecule has 2 rings (SSSR count). The predicted octanol–water partition coefficient (Wildman–Crippen LogP) is 4.34. The minimum absolute atomic E-state index is 0.0711. The first-order valence-electron chi connectivity index (χ1n) is 7.83. The van der Waals surface area contributed by atoms with Crippen LogP contribution in [0.3, 0.4) is 0 Å². The van der Waals surface area contributed by atoms with Gasteiger partial charge in [-0.3, -0.25) is 10.1 Å². The molecule has 0 radical (unpaired) electrons. The van der Waals surface area contributed by atoms with Gasteiger partial charge < -0.3 is 10.2 Å². The molecule has 0 aliphatic rings. The number of anilines is 1. The van der Waals surface area contributed by atoms with Crippen LogP contribution >= 0.6 is 11.6 Å². The fourth-order valence-electron chi connectivity index (χ4n) is 1.96. The van der Waals surface area contributed by atoms with Gasteiger partial charge in [-0.25, -0.2) is 13.6 Å². The van der Waals surface area contributed by atoms with Crippen molar-refractivity contribution in [1.82, 2.24) is 5.32 Å². The van der Waals surface area contributed by atoms with Crippen LogP contribution in [0.1, 0.15) is 29.8 Å². The number of rotatable bonds is 5. The monoisotopic (exact) mass is 395 g/mol. The quantitative estimate of drug-likeness (QED) is 0.583. The fourth-order valence-corrected chi connectivity index (χ4v) is 2.20. The van der Waals surface area contributed by atoms with Crippen molar-refractivity contribution in [2.45, 2.75) is 20.0 Å². The van der Waals surface area contributed by atoms with E-state index in [9.17, 15) is 18.4 Å². The molecular formula is C18H16ClF2N3O3. The van der Waals surface area contributed by atoms with Crippen molar-refractivity contribution in [2.75, 3.05) is 5.32 Å². The first-order chi connectivity index (χ1) is 12.8. The Morgan fingerprint density at radius 2 is 1.85 bits per heavy atom. The molecule has 142 valence electrons. The van der Waals surface area contributed by atoms with Crippen LogP contribution < -0.4 is 10.6 Å². The van der Waals surface area contributed by atoms with Crippen molar-refractivity contribution in [3.63, 3.8) is 0 Å². The van der Waals surface area contributed by atoms with Crippen LogP contribution in [0.2, 0.25) is 5.02 Å². The first kappa shape index (κ1) is 20.3. The Morgan fingerprint density at radius 1 is 1.19 bits per heavy atom. The molecule has 2 aromatic carbocycles. The van der Waals surface area contributed by atoms with Crippen LogP contribution in [0.15, 0.2) is 41.6 Å². The molecule has 9 heteroatoms. The Bertz CT molecular complexity index is 868. The smallest absolute Gasteiger partial charge is 0.326 e. The van der Waals surface area contributed by atoms with E-state index in [0.29, 0.717) is 5.56 Å². The minimum Gasteiger partial charge on any atom is -0.393 e. The summed E-state index contributed by atoms with van der Waals surface area (Å²) in [6, 6.07) is 6.54. The van der Waals surface area contributed by atoms with Gasteiger partial charge in [0.2, 0.25) is 0 Å². The molecule has 0 saturated carbocycles. The standard InChI is InChI=1S/C18H16ClF2N3O3/c1-10(2)27-22-9-11-6-7-15(12(19)8-11)23-18(26)24-17(25)16-13(20)4-3-5-14(16)21/h3-10H,1-2H3,(H2,23,24,25,26)/b22-9+. The van der Waals surface area contributed by atoms with Crippen LogP contribution in [-0.2, 0) is 4.84 Å². The second-order valence-corrected chi connectivity index (χ2v) is 6.04. The number of nitrogens with one attached hydrogen (secondary N) is 2. The molecule has 0 unspecified atom stereocenters. The largest absolute Gasteiger partial charge is 0.393 e. The normalized spacial score (nSPS) is 10.9. The lowest BCUT2D eigenvalue weighted by Gasteiger charge is -2.09. The van der Waals surface area contributed by atoms with Crippen molar-refractivity contribution >= 4 is 35.4 Å². The van der Waals surface area contributed by atoms with Gasteiger partial charge >= 0.3 is 6.03 Å². The van der Waals surface area contributed by atoms with E-state index in [4.69, 9.17) is 16.4 Å². The van der Waals surface area contributed by atoms with Crippen LogP contribution in [-0.4, -0.2) is 24.3 Å². The number of benzene rings is 2. The molecule has 27 heavy (non-hydrogen) atoms. The molecule has 3 amide bonds. The van der Waals surface area contributed by atoms with Crippen LogP contribution in [0, 0.1) is 11.6 Å². The van der Waals surface area contributed by atoms with Crippen LogP contribution in [0.25, 0.3) is 0 Å². The lowest BCUT2D eigenvalue weighted by molar-refractivity contribution is 0.0873. The average molecular weight is 396 g/mol. The highest BCUT2D eigenvalue weighted by Crippen LogP contribution is 2.22. The summed E-state index contributed by atoms with van der Waals surface area (Å²) in [7, 11) is 0. The van der Waals surface area contributed by atoms with Gasteiger partial charge in [-0.2, -0.15) is 0 Å². The van der Waals surface area contributed by atoms with Crippen LogP contribution in [0.4, 0.5) is 19.3 Å². The van der Waals surface area contributed by atoms with E-state index in [1.807, 2.05) is 19.2 Å². The summed E-state index contributed by atoms with van der Waals surface area (Å²) in [4.78, 5) is 28.8. The predicted molar refractivity (Wildman–Crippen MR) is 98.1 cm³/mol. The molecule has 0 bridgehead atoms.